The maximum Gasteiger partial charge on any atom is 0.435 e. The van der Waals surface area contributed by atoms with Crippen molar-refractivity contribution in [2.45, 2.75) is 48.1 Å². The predicted octanol–water partition coefficient (Wildman–Crippen LogP) is 5.10. The summed E-state index contributed by atoms with van der Waals surface area (Å²) in [4.78, 5) is 27.6. The number of methoxy groups -OCH3 is 1. The van der Waals surface area contributed by atoms with E-state index < -0.39 is 43.3 Å². The Hall–Kier alpha value is -4.40. The Balaban J connectivity index is 1.60. The number of hydrogen-bond donors (Lipinski definition) is 2. The van der Waals surface area contributed by atoms with Crippen molar-refractivity contribution in [2.24, 2.45) is 0 Å². The molecule has 14 heteroatoms. The van der Waals surface area contributed by atoms with Gasteiger partial charge in [0.1, 0.15) is 11.6 Å². The van der Waals surface area contributed by atoms with Gasteiger partial charge in [-0.05, 0) is 82.2 Å². The van der Waals surface area contributed by atoms with Gasteiger partial charge in [0.25, 0.3) is 5.91 Å². The molecule has 1 atom stereocenters. The number of carbonyl (C=O) groups is 2. The monoisotopic (exact) mass is 655 g/mol. The van der Waals surface area contributed by atoms with Crippen molar-refractivity contribution in [1.29, 1.82) is 0 Å². The molecule has 0 saturated carbocycles. The lowest BCUT2D eigenvalue weighted by atomic mass is 10.0. The summed E-state index contributed by atoms with van der Waals surface area (Å²) < 4.78 is 66.7. The normalized spacial score (nSPS) is 14.8. The minimum atomic E-state index is -4.57. The number of anilines is 2. The lowest BCUT2D eigenvalue weighted by molar-refractivity contribution is 0.0904. The van der Waals surface area contributed by atoms with Crippen LogP contribution in [0.15, 0.2) is 64.4 Å². The molecule has 1 fully saturated rings. The lowest BCUT2D eigenvalue weighted by Crippen LogP contribution is -2.29. The van der Waals surface area contributed by atoms with Crippen LogP contribution in [0.3, 0.4) is 0 Å². The van der Waals surface area contributed by atoms with Crippen LogP contribution in [0, 0.1) is 11.6 Å². The van der Waals surface area contributed by atoms with Gasteiger partial charge >= 0.3 is 6.09 Å². The number of hydrogen-bond acceptors (Lipinski definition) is 9. The predicted molar refractivity (Wildman–Crippen MR) is 168 cm³/mol. The lowest BCUT2D eigenvalue weighted by Gasteiger charge is -2.26. The maximum atomic E-state index is 14.1. The van der Waals surface area contributed by atoms with E-state index in [1.807, 2.05) is 26.2 Å². The van der Waals surface area contributed by atoms with E-state index >= 15 is 0 Å². The van der Waals surface area contributed by atoms with Crippen molar-refractivity contribution in [1.82, 2.24) is 14.7 Å². The van der Waals surface area contributed by atoms with Gasteiger partial charge in [0.2, 0.25) is 9.84 Å². The molecule has 1 aromatic heterocycles. The summed E-state index contributed by atoms with van der Waals surface area (Å²) in [6.07, 6.45) is 1.27. The van der Waals surface area contributed by atoms with E-state index in [-0.39, 0.29) is 34.4 Å². The Morgan fingerprint density at radius 2 is 1.78 bits per heavy atom. The second kappa shape index (κ2) is 13.5. The minimum absolute atomic E-state index is 0.00586. The molecule has 0 radical (unpaired) electrons. The second-order valence-electron chi connectivity index (χ2n) is 11.4. The number of fused-ring (bicyclic) bond motifs is 1. The van der Waals surface area contributed by atoms with Gasteiger partial charge in [0, 0.05) is 37.1 Å². The number of rotatable bonds is 9. The zero-order valence-corrected chi connectivity index (χ0v) is 26.7. The van der Waals surface area contributed by atoms with Crippen LogP contribution in [0.1, 0.15) is 35.7 Å². The number of nitrogens with one attached hydrogen (secondary N) is 2. The van der Waals surface area contributed by atoms with E-state index in [0.29, 0.717) is 37.1 Å². The molecule has 0 bridgehead atoms. The molecular weight excluding hydrogens is 620 g/mol. The molecule has 1 amide bonds. The van der Waals surface area contributed by atoms with Gasteiger partial charge in [0.05, 0.1) is 33.4 Å². The number of halogens is 2. The zero-order chi connectivity index (χ0) is 33.2. The molecule has 2 N–H and O–H groups in total. The third kappa shape index (κ3) is 6.88. The van der Waals surface area contributed by atoms with E-state index in [1.165, 1.54) is 18.2 Å². The van der Waals surface area contributed by atoms with Crippen molar-refractivity contribution >= 4 is 44.2 Å². The summed E-state index contributed by atoms with van der Waals surface area (Å²) in [5.74, 6) is -3.05. The van der Waals surface area contributed by atoms with Gasteiger partial charge in [-0.2, -0.15) is 4.68 Å². The maximum absolute atomic E-state index is 14.1. The first-order valence-electron chi connectivity index (χ1n) is 14.6. The first kappa shape index (κ1) is 33.0. The fourth-order valence-electron chi connectivity index (χ4n) is 5.28. The first-order chi connectivity index (χ1) is 21.9. The molecule has 1 unspecified atom stereocenters. The fraction of sp³-hybridized carbons (Fsp3) is 0.344. The molecule has 1 saturated heterocycles. The van der Waals surface area contributed by atoms with E-state index in [2.05, 4.69) is 27.6 Å². The molecule has 1 aliphatic heterocycles. The highest BCUT2D eigenvalue weighted by molar-refractivity contribution is 7.91. The van der Waals surface area contributed by atoms with E-state index in [4.69, 9.17) is 9.47 Å². The molecule has 1 aliphatic rings. The average molecular weight is 656 g/mol. The molecule has 46 heavy (non-hydrogen) atoms. The molecule has 3 aromatic carbocycles. The van der Waals surface area contributed by atoms with Crippen LogP contribution in [0.5, 0.6) is 0 Å². The first-order valence-corrected chi connectivity index (χ1v) is 16.1. The molecule has 0 aliphatic carbocycles. The zero-order valence-electron chi connectivity index (χ0n) is 25.8. The topological polar surface area (TPSA) is 132 Å². The summed E-state index contributed by atoms with van der Waals surface area (Å²) in [5, 5.41) is 10.2. The Kier molecular flexibility index (Phi) is 9.70. The smallest absolute Gasteiger partial charge is 0.435 e. The highest BCUT2D eigenvalue weighted by atomic mass is 32.2. The fourth-order valence-corrected chi connectivity index (χ4v) is 6.80. The summed E-state index contributed by atoms with van der Waals surface area (Å²) in [7, 11) is 0.535. The largest absolute Gasteiger partial charge is 0.451 e. The number of aromatic nitrogens is 2. The highest BCUT2D eigenvalue weighted by Gasteiger charge is 2.29. The van der Waals surface area contributed by atoms with Crippen molar-refractivity contribution in [3.63, 3.8) is 0 Å². The number of ether oxygens (including phenoxy) is 2. The summed E-state index contributed by atoms with van der Waals surface area (Å²) in [6.45, 7) is 3.26. The second-order valence-corrected chi connectivity index (χ2v) is 13.3. The van der Waals surface area contributed by atoms with Gasteiger partial charge in [-0.1, -0.05) is 12.1 Å². The Morgan fingerprint density at radius 3 is 2.43 bits per heavy atom. The molecule has 244 valence electrons. The van der Waals surface area contributed by atoms with E-state index in [1.54, 1.807) is 6.07 Å². The number of carbonyl (C=O) groups excluding carboxylic acids is 2. The Labute approximate surface area is 265 Å². The van der Waals surface area contributed by atoms with Crippen molar-refractivity contribution < 1.29 is 36.3 Å². The molecular formula is C32H35F2N5O6S. The highest BCUT2D eigenvalue weighted by Crippen LogP contribution is 2.35. The van der Waals surface area contributed by atoms with Gasteiger partial charge < -0.3 is 25.0 Å². The number of sulfone groups is 1. The Bertz CT molecular complexity index is 1870. The van der Waals surface area contributed by atoms with Gasteiger partial charge in [0.15, 0.2) is 5.82 Å². The standard InChI is InChI=1S/C32H35F2N5O6S/c1-19(38(2)3)14-20-8-9-25(26(15-20)35-23-10-12-45-13-11-23)31(40)36-30-29-27(39(37-30)32(41)44-4)6-5-7-28(29)46(42,43)24-17-21(33)16-22(34)18-24/h5-9,15-19,23,35H,10-14H2,1-4H3,(H,36,37,40). The summed E-state index contributed by atoms with van der Waals surface area (Å²) >= 11 is 0. The number of benzene rings is 3. The molecule has 4 aromatic rings. The van der Waals surface area contributed by atoms with E-state index in [0.717, 1.165) is 36.6 Å². The third-order valence-electron chi connectivity index (χ3n) is 8.01. The summed E-state index contributed by atoms with van der Waals surface area (Å²) in [5.41, 5.74) is 1.84. The van der Waals surface area contributed by atoms with Crippen LogP contribution in [0.25, 0.3) is 10.9 Å². The number of nitrogens with zero attached hydrogens (tertiary/aromatic N) is 3. The third-order valence-corrected chi connectivity index (χ3v) is 9.78. The van der Waals surface area contributed by atoms with Gasteiger partial charge in [-0.3, -0.25) is 4.79 Å². The Morgan fingerprint density at radius 1 is 1.09 bits per heavy atom. The van der Waals surface area contributed by atoms with Crippen LogP contribution in [0.2, 0.25) is 0 Å². The van der Waals surface area contributed by atoms with Crippen LogP contribution in [0.4, 0.5) is 25.1 Å². The SMILES string of the molecule is COC(=O)n1nc(NC(=O)c2ccc(CC(C)N(C)C)cc2NC2CCOCC2)c2c(S(=O)(=O)c3cc(F)cc(F)c3)cccc21. The average Bonchev–Trinajstić information content (AvgIpc) is 3.39. The number of amides is 1. The quantitative estimate of drug-likeness (QED) is 0.253. The number of likely N-dealkylation sites (N-methyl/N-ethyl adjacent to an activating group) is 1. The molecule has 5 rings (SSSR count). The van der Waals surface area contributed by atoms with Crippen molar-refractivity contribution in [3.05, 3.63) is 77.4 Å². The molecule has 2 heterocycles. The van der Waals surface area contributed by atoms with Crippen molar-refractivity contribution in [2.75, 3.05) is 45.1 Å². The van der Waals surface area contributed by atoms with Crippen molar-refractivity contribution in [3.8, 4) is 0 Å². The molecule has 11 nitrogen and oxygen atoms in total. The van der Waals surface area contributed by atoms with Crippen LogP contribution >= 0.6 is 0 Å². The molecule has 0 spiro atoms. The van der Waals surface area contributed by atoms with E-state index in [9.17, 15) is 26.8 Å². The van der Waals surface area contributed by atoms with Gasteiger partial charge in [-0.25, -0.2) is 22.0 Å². The summed E-state index contributed by atoms with van der Waals surface area (Å²) in [6, 6.07) is 11.6. The van der Waals surface area contributed by atoms with Crippen LogP contribution in [-0.2, 0) is 25.7 Å². The van der Waals surface area contributed by atoms with Crippen LogP contribution < -0.4 is 10.6 Å². The van der Waals surface area contributed by atoms with Gasteiger partial charge in [-0.15, -0.1) is 5.10 Å². The minimum Gasteiger partial charge on any atom is -0.451 e. The van der Waals surface area contributed by atoms with Crippen LogP contribution in [-0.4, -0.2) is 81.6 Å².